The van der Waals surface area contributed by atoms with Crippen LogP contribution >= 0.6 is 35.0 Å². The second-order valence-corrected chi connectivity index (χ2v) is 8.82. The monoisotopic (exact) mass is 491 g/mol. The number of alkyl halides is 2. The zero-order chi connectivity index (χ0) is 23.2. The molecule has 2 atom stereocenters. The highest BCUT2D eigenvalue weighted by Gasteiger charge is 2.29. The molecule has 5 N–H and O–H groups in total. The van der Waals surface area contributed by atoms with Crippen LogP contribution in [0.2, 0.25) is 0 Å². The Hall–Kier alpha value is -1.45. The molecule has 2 unspecified atom stereocenters. The van der Waals surface area contributed by atoms with Crippen LogP contribution in [0.4, 0.5) is 4.79 Å². The van der Waals surface area contributed by atoms with Gasteiger partial charge in [0.1, 0.15) is 13.2 Å². The summed E-state index contributed by atoms with van der Waals surface area (Å²) in [5.74, 6) is -0.815. The number of carbonyl (C=O) groups is 2. The standard InChI is InChI=1S/C21H31Cl2N3O4S/c1-14(4-3-9-24)12-17(15-5-7-16(31-2)8-6-15)18(26-20(27)19(22)23)13-30-21(28)29-11-10-25/h5-8,17-19H,1,3-4,9-13,24-25H2,2H3,(H,26,27). The van der Waals surface area contributed by atoms with E-state index in [4.69, 9.17) is 44.1 Å². The van der Waals surface area contributed by atoms with Crippen molar-refractivity contribution in [3.05, 3.63) is 42.0 Å². The van der Waals surface area contributed by atoms with Crippen molar-refractivity contribution < 1.29 is 19.1 Å². The summed E-state index contributed by atoms with van der Waals surface area (Å²) in [5.41, 5.74) is 12.9. The lowest BCUT2D eigenvalue weighted by atomic mass is 9.85. The van der Waals surface area contributed by atoms with Crippen molar-refractivity contribution in [2.75, 3.05) is 32.6 Å². The van der Waals surface area contributed by atoms with E-state index < -0.39 is 22.9 Å². The third-order valence-corrected chi connectivity index (χ3v) is 5.66. The smallest absolute Gasteiger partial charge is 0.433 e. The largest absolute Gasteiger partial charge is 0.508 e. The van der Waals surface area contributed by atoms with Crippen LogP contribution in [0.3, 0.4) is 0 Å². The maximum Gasteiger partial charge on any atom is 0.508 e. The lowest BCUT2D eigenvalue weighted by Crippen LogP contribution is -2.45. The van der Waals surface area contributed by atoms with Gasteiger partial charge in [-0.3, -0.25) is 4.79 Å². The molecule has 0 aromatic heterocycles. The van der Waals surface area contributed by atoms with Crippen molar-refractivity contribution in [3.8, 4) is 0 Å². The van der Waals surface area contributed by atoms with Crippen molar-refractivity contribution >= 4 is 47.0 Å². The average Bonchev–Trinajstić information content (AvgIpc) is 2.77. The number of thioether (sulfide) groups is 1. The minimum atomic E-state index is -1.26. The summed E-state index contributed by atoms with van der Waals surface area (Å²) in [6, 6.07) is 7.36. The molecule has 1 aromatic rings. The molecule has 10 heteroatoms. The Morgan fingerprint density at radius 3 is 2.39 bits per heavy atom. The Morgan fingerprint density at radius 2 is 1.84 bits per heavy atom. The van der Waals surface area contributed by atoms with Crippen molar-refractivity contribution in [3.63, 3.8) is 0 Å². The minimum Gasteiger partial charge on any atom is -0.433 e. The van der Waals surface area contributed by atoms with Crippen LogP contribution in [0.1, 0.15) is 30.7 Å². The molecule has 0 fully saturated rings. The lowest BCUT2D eigenvalue weighted by Gasteiger charge is -2.29. The van der Waals surface area contributed by atoms with Gasteiger partial charge in [-0.1, -0.05) is 47.5 Å². The van der Waals surface area contributed by atoms with Crippen LogP contribution in [0.25, 0.3) is 0 Å². The van der Waals surface area contributed by atoms with E-state index in [9.17, 15) is 9.59 Å². The number of benzene rings is 1. The highest BCUT2D eigenvalue weighted by Crippen LogP contribution is 2.30. The molecule has 0 bridgehead atoms. The van der Waals surface area contributed by atoms with Crippen LogP contribution in [0.15, 0.2) is 41.3 Å². The van der Waals surface area contributed by atoms with Crippen LogP contribution < -0.4 is 16.8 Å². The first-order valence-corrected chi connectivity index (χ1v) is 12.0. The SMILES string of the molecule is C=C(CCCN)CC(c1ccc(SC)cc1)C(COC(=O)OCCN)NC(=O)C(Cl)Cl. The number of hydrogen-bond acceptors (Lipinski definition) is 7. The summed E-state index contributed by atoms with van der Waals surface area (Å²) in [4.78, 5) is 23.9. The van der Waals surface area contributed by atoms with Gasteiger partial charge < -0.3 is 26.3 Å². The molecule has 0 saturated heterocycles. The molecule has 0 aliphatic heterocycles. The quantitative estimate of drug-likeness (QED) is 0.157. The first-order valence-electron chi connectivity index (χ1n) is 9.91. The molecule has 0 radical (unpaired) electrons. The van der Waals surface area contributed by atoms with E-state index in [0.717, 1.165) is 28.9 Å². The lowest BCUT2D eigenvalue weighted by molar-refractivity contribution is -0.120. The molecule has 0 aliphatic carbocycles. The van der Waals surface area contributed by atoms with Gasteiger partial charge >= 0.3 is 6.16 Å². The third kappa shape index (κ3) is 10.6. The van der Waals surface area contributed by atoms with E-state index in [1.54, 1.807) is 11.8 Å². The molecule has 0 saturated carbocycles. The molecule has 0 spiro atoms. The topological polar surface area (TPSA) is 117 Å². The Kier molecular flexibility index (Phi) is 13.7. The number of allylic oxidation sites excluding steroid dienone is 1. The Morgan fingerprint density at radius 1 is 1.16 bits per heavy atom. The van der Waals surface area contributed by atoms with Gasteiger partial charge in [0.2, 0.25) is 0 Å². The van der Waals surface area contributed by atoms with Gasteiger partial charge in [-0.05, 0) is 49.8 Å². The van der Waals surface area contributed by atoms with E-state index in [0.29, 0.717) is 13.0 Å². The maximum atomic E-state index is 12.3. The van der Waals surface area contributed by atoms with Crippen molar-refractivity contribution in [1.82, 2.24) is 5.32 Å². The normalized spacial score (nSPS) is 12.8. The highest BCUT2D eigenvalue weighted by atomic mass is 35.5. The summed E-state index contributed by atoms with van der Waals surface area (Å²) in [5, 5.41) is 2.79. The molecule has 0 aliphatic rings. The zero-order valence-electron chi connectivity index (χ0n) is 17.7. The summed E-state index contributed by atoms with van der Waals surface area (Å²) in [7, 11) is 0. The summed E-state index contributed by atoms with van der Waals surface area (Å²) >= 11 is 13.1. The van der Waals surface area contributed by atoms with Gasteiger partial charge in [0.25, 0.3) is 5.91 Å². The van der Waals surface area contributed by atoms with Crippen LogP contribution in [-0.4, -0.2) is 55.5 Å². The number of carbonyl (C=O) groups excluding carboxylic acids is 2. The summed E-state index contributed by atoms with van der Waals surface area (Å²) < 4.78 is 10.1. The minimum absolute atomic E-state index is 0.0385. The van der Waals surface area contributed by atoms with Crippen LogP contribution in [-0.2, 0) is 14.3 Å². The Labute approximate surface area is 198 Å². The molecule has 174 valence electrons. The van der Waals surface area contributed by atoms with Crippen LogP contribution in [0, 0.1) is 0 Å². The van der Waals surface area contributed by atoms with Gasteiger partial charge in [-0.25, -0.2) is 4.79 Å². The molecule has 1 rings (SSSR count). The first kappa shape index (κ1) is 27.6. The fraction of sp³-hybridized carbons (Fsp3) is 0.524. The van der Waals surface area contributed by atoms with E-state index in [-0.39, 0.29) is 25.7 Å². The number of halogens is 2. The van der Waals surface area contributed by atoms with Gasteiger partial charge in [-0.2, -0.15) is 0 Å². The molecule has 31 heavy (non-hydrogen) atoms. The number of hydrogen-bond donors (Lipinski definition) is 3. The van der Waals surface area contributed by atoms with Crippen molar-refractivity contribution in [1.29, 1.82) is 0 Å². The summed E-state index contributed by atoms with van der Waals surface area (Å²) in [6.07, 6.45) is 3.24. The fourth-order valence-electron chi connectivity index (χ4n) is 2.95. The van der Waals surface area contributed by atoms with Gasteiger partial charge in [0.05, 0.1) is 6.04 Å². The molecule has 1 amide bonds. The number of amides is 1. The Balaban J connectivity index is 3.13. The Bertz CT molecular complexity index is 704. The van der Waals surface area contributed by atoms with E-state index >= 15 is 0 Å². The maximum absolute atomic E-state index is 12.3. The summed E-state index contributed by atoms with van der Waals surface area (Å²) in [6.45, 7) is 4.80. The predicted molar refractivity (Wildman–Crippen MR) is 127 cm³/mol. The second-order valence-electron chi connectivity index (χ2n) is 6.84. The van der Waals surface area contributed by atoms with Gasteiger partial charge in [0.15, 0.2) is 4.84 Å². The molecule has 1 aromatic carbocycles. The zero-order valence-corrected chi connectivity index (χ0v) is 20.0. The van der Waals surface area contributed by atoms with E-state index in [1.165, 1.54) is 0 Å². The van der Waals surface area contributed by atoms with Crippen molar-refractivity contribution in [2.45, 2.75) is 41.0 Å². The predicted octanol–water partition coefficient (Wildman–Crippen LogP) is 3.58. The molecular weight excluding hydrogens is 461 g/mol. The molecule has 7 nitrogen and oxygen atoms in total. The van der Waals surface area contributed by atoms with Gasteiger partial charge in [-0.15, -0.1) is 11.8 Å². The van der Waals surface area contributed by atoms with Gasteiger partial charge in [0, 0.05) is 17.4 Å². The second kappa shape index (κ2) is 15.4. The number of ether oxygens (including phenoxy) is 2. The average molecular weight is 492 g/mol. The molecule has 0 heterocycles. The number of nitrogens with one attached hydrogen (secondary N) is 1. The number of rotatable bonds is 14. The fourth-order valence-corrected chi connectivity index (χ4v) is 3.49. The van der Waals surface area contributed by atoms with Crippen LogP contribution in [0.5, 0.6) is 0 Å². The number of nitrogens with two attached hydrogens (primary N) is 2. The molecular formula is C21H31Cl2N3O4S. The van der Waals surface area contributed by atoms with Crippen molar-refractivity contribution in [2.24, 2.45) is 11.5 Å². The third-order valence-electron chi connectivity index (χ3n) is 4.52. The highest BCUT2D eigenvalue weighted by molar-refractivity contribution is 7.98. The van der Waals surface area contributed by atoms with E-state index in [2.05, 4.69) is 11.9 Å². The van der Waals surface area contributed by atoms with E-state index in [1.807, 2.05) is 30.5 Å². The first-order chi connectivity index (χ1) is 14.8.